The minimum atomic E-state index is 0. The van der Waals surface area contributed by atoms with Gasteiger partial charge in [-0.1, -0.05) is 42.5 Å². The summed E-state index contributed by atoms with van der Waals surface area (Å²) >= 11 is 0. The SMILES string of the molecule is COc1cc(CN(CCCN)c2nc3cc(C)ccc3o2)ccc1OCc1ccccc1.Cl. The average Bonchev–Trinajstić information content (AvgIpc) is 3.24. The number of halogens is 1. The summed E-state index contributed by atoms with van der Waals surface area (Å²) in [6, 6.07) is 22.7. The fourth-order valence-electron chi connectivity index (χ4n) is 3.57. The van der Waals surface area contributed by atoms with Crippen molar-refractivity contribution in [2.24, 2.45) is 5.73 Å². The van der Waals surface area contributed by atoms with Gasteiger partial charge in [0.15, 0.2) is 17.1 Å². The summed E-state index contributed by atoms with van der Waals surface area (Å²) < 4.78 is 17.6. The molecule has 0 aliphatic heterocycles. The Hall–Kier alpha value is -3.22. The third-order valence-corrected chi connectivity index (χ3v) is 5.27. The first-order valence-electron chi connectivity index (χ1n) is 10.8. The van der Waals surface area contributed by atoms with Gasteiger partial charge in [0.25, 0.3) is 6.01 Å². The number of ether oxygens (including phenoxy) is 2. The van der Waals surface area contributed by atoms with Crippen molar-refractivity contribution >= 4 is 29.5 Å². The number of methoxy groups -OCH3 is 1. The molecule has 0 aliphatic rings. The van der Waals surface area contributed by atoms with Gasteiger partial charge in [-0.3, -0.25) is 0 Å². The van der Waals surface area contributed by atoms with Gasteiger partial charge in [-0.15, -0.1) is 12.4 Å². The summed E-state index contributed by atoms with van der Waals surface area (Å²) in [6.45, 7) is 4.51. The van der Waals surface area contributed by atoms with Gasteiger partial charge in [-0.2, -0.15) is 4.98 Å². The molecule has 0 saturated carbocycles. The third kappa shape index (κ3) is 6.18. The van der Waals surface area contributed by atoms with E-state index in [1.807, 2.05) is 73.7 Å². The molecule has 0 fully saturated rings. The number of oxazole rings is 1. The van der Waals surface area contributed by atoms with E-state index in [-0.39, 0.29) is 12.4 Å². The highest BCUT2D eigenvalue weighted by molar-refractivity contribution is 5.85. The van der Waals surface area contributed by atoms with E-state index in [1.165, 1.54) is 0 Å². The number of nitrogens with two attached hydrogens (primary N) is 1. The second-order valence-corrected chi connectivity index (χ2v) is 7.79. The molecule has 0 unspecified atom stereocenters. The molecule has 2 N–H and O–H groups in total. The molecule has 6 nitrogen and oxygen atoms in total. The van der Waals surface area contributed by atoms with E-state index in [2.05, 4.69) is 4.90 Å². The first kappa shape index (κ1) is 24.4. The lowest BCUT2D eigenvalue weighted by atomic mass is 10.2. The van der Waals surface area contributed by atoms with Crippen molar-refractivity contribution in [1.29, 1.82) is 0 Å². The van der Waals surface area contributed by atoms with E-state index in [0.717, 1.165) is 40.8 Å². The molecule has 0 spiro atoms. The summed E-state index contributed by atoms with van der Waals surface area (Å²) in [5.41, 5.74) is 10.8. The number of hydrogen-bond donors (Lipinski definition) is 1. The standard InChI is InChI=1S/C26H29N3O3.ClH/c1-19-9-11-23-22(15-19)28-26(32-23)29(14-6-13-27)17-21-10-12-24(25(16-21)30-2)31-18-20-7-4-3-5-8-20;/h3-5,7-12,15-16H,6,13-14,17-18,27H2,1-2H3;1H. The highest BCUT2D eigenvalue weighted by atomic mass is 35.5. The second-order valence-electron chi connectivity index (χ2n) is 7.79. The van der Waals surface area contributed by atoms with Crippen LogP contribution in [0.4, 0.5) is 6.01 Å². The topological polar surface area (TPSA) is 73.8 Å². The summed E-state index contributed by atoms with van der Waals surface area (Å²) in [7, 11) is 1.66. The van der Waals surface area contributed by atoms with E-state index >= 15 is 0 Å². The lowest BCUT2D eigenvalue weighted by molar-refractivity contribution is 0.284. The zero-order chi connectivity index (χ0) is 22.3. The van der Waals surface area contributed by atoms with Gasteiger partial charge in [0.1, 0.15) is 12.1 Å². The molecule has 0 radical (unpaired) electrons. The van der Waals surface area contributed by atoms with Crippen LogP contribution in [0.1, 0.15) is 23.1 Å². The van der Waals surface area contributed by atoms with Gasteiger partial charge in [-0.05, 0) is 60.8 Å². The minimum absolute atomic E-state index is 0. The van der Waals surface area contributed by atoms with Gasteiger partial charge in [0, 0.05) is 13.1 Å². The predicted octanol–water partition coefficient (Wildman–Crippen LogP) is 5.50. The van der Waals surface area contributed by atoms with Crippen molar-refractivity contribution in [3.63, 3.8) is 0 Å². The van der Waals surface area contributed by atoms with Gasteiger partial charge < -0.3 is 24.5 Å². The van der Waals surface area contributed by atoms with Crippen LogP contribution in [-0.2, 0) is 13.2 Å². The van der Waals surface area contributed by atoms with Crippen molar-refractivity contribution in [1.82, 2.24) is 4.98 Å². The molecule has 0 atom stereocenters. The fraction of sp³-hybridized carbons (Fsp3) is 0.269. The van der Waals surface area contributed by atoms with Crippen LogP contribution >= 0.6 is 12.4 Å². The van der Waals surface area contributed by atoms with Crippen LogP contribution in [0.25, 0.3) is 11.1 Å². The zero-order valence-electron chi connectivity index (χ0n) is 19.0. The summed E-state index contributed by atoms with van der Waals surface area (Å²) in [6.07, 6.45) is 0.840. The molecule has 7 heteroatoms. The molecule has 0 bridgehead atoms. The molecule has 0 aliphatic carbocycles. The van der Waals surface area contributed by atoms with Crippen LogP contribution < -0.4 is 20.1 Å². The average molecular weight is 468 g/mol. The molecule has 3 aromatic carbocycles. The number of nitrogens with zero attached hydrogens (tertiary/aromatic N) is 2. The quantitative estimate of drug-likeness (QED) is 0.332. The maximum Gasteiger partial charge on any atom is 0.298 e. The summed E-state index contributed by atoms with van der Waals surface area (Å²) in [5, 5.41) is 0. The van der Waals surface area contributed by atoms with Gasteiger partial charge >= 0.3 is 0 Å². The first-order chi connectivity index (χ1) is 15.7. The highest BCUT2D eigenvalue weighted by Crippen LogP contribution is 2.31. The summed E-state index contributed by atoms with van der Waals surface area (Å²) in [5.74, 6) is 1.41. The van der Waals surface area contributed by atoms with E-state index in [4.69, 9.17) is 24.6 Å². The van der Waals surface area contributed by atoms with E-state index in [9.17, 15) is 0 Å². The number of rotatable bonds is 10. The first-order valence-corrected chi connectivity index (χ1v) is 10.8. The number of hydrogen-bond acceptors (Lipinski definition) is 6. The Morgan fingerprint density at radius 3 is 2.55 bits per heavy atom. The largest absolute Gasteiger partial charge is 0.493 e. The van der Waals surface area contributed by atoms with Crippen LogP contribution in [0.2, 0.25) is 0 Å². The number of fused-ring (bicyclic) bond motifs is 1. The molecular weight excluding hydrogens is 438 g/mol. The van der Waals surface area contributed by atoms with E-state index in [0.29, 0.717) is 37.2 Å². The maximum atomic E-state index is 6.04. The van der Waals surface area contributed by atoms with E-state index in [1.54, 1.807) is 7.11 Å². The Bertz CT molecular complexity index is 1160. The Labute approximate surface area is 200 Å². The molecule has 174 valence electrons. The predicted molar refractivity (Wildman–Crippen MR) is 134 cm³/mol. The third-order valence-electron chi connectivity index (χ3n) is 5.27. The van der Waals surface area contributed by atoms with Crippen molar-refractivity contribution < 1.29 is 13.9 Å². The molecule has 0 saturated heterocycles. The Kier molecular flexibility index (Phi) is 8.58. The van der Waals surface area contributed by atoms with Crippen molar-refractivity contribution in [2.75, 3.05) is 25.1 Å². The van der Waals surface area contributed by atoms with Crippen LogP contribution in [0.3, 0.4) is 0 Å². The lowest BCUT2D eigenvalue weighted by Crippen LogP contribution is -2.26. The van der Waals surface area contributed by atoms with Gasteiger partial charge in [0.05, 0.1) is 7.11 Å². The number of anilines is 1. The number of aryl methyl sites for hydroxylation is 1. The molecular formula is C26H30ClN3O3. The molecule has 1 aromatic heterocycles. The molecule has 33 heavy (non-hydrogen) atoms. The normalized spacial score (nSPS) is 10.6. The summed E-state index contributed by atoms with van der Waals surface area (Å²) in [4.78, 5) is 6.82. The Morgan fingerprint density at radius 2 is 1.79 bits per heavy atom. The van der Waals surface area contributed by atoms with Crippen molar-refractivity contribution in [3.8, 4) is 11.5 Å². The minimum Gasteiger partial charge on any atom is -0.493 e. The molecule has 4 rings (SSSR count). The molecule has 4 aromatic rings. The van der Waals surface area contributed by atoms with Crippen molar-refractivity contribution in [2.45, 2.75) is 26.5 Å². The zero-order valence-corrected chi connectivity index (χ0v) is 19.8. The molecule has 0 amide bonds. The molecule has 1 heterocycles. The van der Waals surface area contributed by atoms with Crippen LogP contribution in [0.5, 0.6) is 11.5 Å². The van der Waals surface area contributed by atoms with Crippen LogP contribution in [0.15, 0.2) is 71.1 Å². The fourth-order valence-corrected chi connectivity index (χ4v) is 3.57. The van der Waals surface area contributed by atoms with Crippen LogP contribution in [0, 0.1) is 6.92 Å². The Balaban J connectivity index is 0.00000306. The monoisotopic (exact) mass is 467 g/mol. The Morgan fingerprint density at radius 1 is 0.970 bits per heavy atom. The highest BCUT2D eigenvalue weighted by Gasteiger charge is 2.16. The van der Waals surface area contributed by atoms with Crippen molar-refractivity contribution in [3.05, 3.63) is 83.4 Å². The lowest BCUT2D eigenvalue weighted by Gasteiger charge is -2.21. The maximum absolute atomic E-state index is 6.04. The van der Waals surface area contributed by atoms with Crippen LogP contribution in [-0.4, -0.2) is 25.2 Å². The van der Waals surface area contributed by atoms with Gasteiger partial charge in [-0.25, -0.2) is 0 Å². The second kappa shape index (κ2) is 11.6. The smallest absolute Gasteiger partial charge is 0.298 e. The number of aromatic nitrogens is 1. The van der Waals surface area contributed by atoms with Gasteiger partial charge in [0.2, 0.25) is 0 Å². The van der Waals surface area contributed by atoms with E-state index < -0.39 is 0 Å². The number of benzene rings is 3.